The predicted octanol–water partition coefficient (Wildman–Crippen LogP) is -1.70. The predicted molar refractivity (Wildman–Crippen MR) is 125 cm³/mol. The SMILES string of the molecule is C=C[C@H]1[C@H](O[C@@H]2O[C@H](CO)[C@@H](O)[C@H](O)[C@H]2O)OC=C(C(=O)OC)[C@H]1C[C@H]1[NH2+]CCc2cc(O)c(O)cc21. The molecule has 0 saturated carbocycles. The first-order chi connectivity index (χ1) is 17.7. The van der Waals surface area contributed by atoms with Crippen LogP contribution in [0.15, 0.2) is 36.6 Å². The summed E-state index contributed by atoms with van der Waals surface area (Å²) >= 11 is 0. The number of phenolic OH excluding ortho intramolecular Hbond substituents is 2. The molecule has 1 aromatic rings. The number of methoxy groups -OCH3 is 1. The van der Waals surface area contributed by atoms with E-state index in [2.05, 4.69) is 11.9 Å². The lowest BCUT2D eigenvalue weighted by molar-refractivity contribution is -0.700. The van der Waals surface area contributed by atoms with Crippen LogP contribution in [0.4, 0.5) is 0 Å². The number of quaternary nitrogens is 1. The average molecular weight is 525 g/mol. The summed E-state index contributed by atoms with van der Waals surface area (Å²) in [5.41, 5.74) is 1.96. The quantitative estimate of drug-likeness (QED) is 0.122. The Morgan fingerprint density at radius 3 is 2.57 bits per heavy atom. The van der Waals surface area contributed by atoms with Gasteiger partial charge in [0.2, 0.25) is 6.29 Å². The van der Waals surface area contributed by atoms with E-state index >= 15 is 0 Å². The lowest BCUT2D eigenvalue weighted by Crippen LogP contribution is -2.87. The van der Waals surface area contributed by atoms with Gasteiger partial charge in [0.25, 0.3) is 0 Å². The maximum absolute atomic E-state index is 12.7. The number of hydrogen-bond acceptors (Lipinski definition) is 11. The summed E-state index contributed by atoms with van der Waals surface area (Å²) in [6.07, 6.45) is -4.67. The number of aliphatic hydroxyl groups is 4. The lowest BCUT2D eigenvalue weighted by atomic mass is 9.77. The second kappa shape index (κ2) is 11.4. The van der Waals surface area contributed by atoms with Gasteiger partial charge in [-0.15, -0.1) is 6.58 Å². The monoisotopic (exact) mass is 524 g/mol. The fourth-order valence-corrected chi connectivity index (χ4v) is 5.29. The minimum atomic E-state index is -1.63. The van der Waals surface area contributed by atoms with Gasteiger partial charge in [-0.05, 0) is 17.7 Å². The summed E-state index contributed by atoms with van der Waals surface area (Å²) < 4.78 is 22.0. The van der Waals surface area contributed by atoms with E-state index < -0.39 is 61.4 Å². The molecule has 37 heavy (non-hydrogen) atoms. The van der Waals surface area contributed by atoms with Gasteiger partial charge in [0.15, 0.2) is 17.8 Å². The zero-order valence-electron chi connectivity index (χ0n) is 20.3. The van der Waals surface area contributed by atoms with Gasteiger partial charge < -0.3 is 54.9 Å². The van der Waals surface area contributed by atoms with E-state index in [0.29, 0.717) is 12.8 Å². The van der Waals surface area contributed by atoms with Crippen molar-refractivity contribution in [3.8, 4) is 11.5 Å². The number of nitrogens with two attached hydrogens (primary N) is 1. The van der Waals surface area contributed by atoms with Crippen molar-refractivity contribution in [1.29, 1.82) is 0 Å². The van der Waals surface area contributed by atoms with Crippen molar-refractivity contribution in [2.45, 2.75) is 55.9 Å². The van der Waals surface area contributed by atoms with E-state index in [0.717, 1.165) is 17.7 Å². The van der Waals surface area contributed by atoms with E-state index in [4.69, 9.17) is 18.9 Å². The van der Waals surface area contributed by atoms with Crippen LogP contribution in [0.1, 0.15) is 23.6 Å². The van der Waals surface area contributed by atoms with Crippen molar-refractivity contribution < 1.29 is 59.7 Å². The minimum absolute atomic E-state index is 0.193. The maximum Gasteiger partial charge on any atom is 0.337 e. The Kier molecular flexibility index (Phi) is 8.39. The molecule has 8 N–H and O–H groups in total. The summed E-state index contributed by atoms with van der Waals surface area (Å²) in [4.78, 5) is 12.7. The molecule has 0 unspecified atom stereocenters. The van der Waals surface area contributed by atoms with E-state index in [1.807, 2.05) is 0 Å². The third kappa shape index (κ3) is 5.32. The average Bonchev–Trinajstić information content (AvgIpc) is 2.89. The van der Waals surface area contributed by atoms with Crippen molar-refractivity contribution in [2.24, 2.45) is 11.8 Å². The summed E-state index contributed by atoms with van der Waals surface area (Å²) in [6, 6.07) is 2.88. The molecule has 12 heteroatoms. The van der Waals surface area contributed by atoms with Crippen LogP contribution in [0.5, 0.6) is 11.5 Å². The Labute approximate surface area is 213 Å². The van der Waals surface area contributed by atoms with E-state index in [1.54, 1.807) is 12.1 Å². The molecule has 9 atom stereocenters. The molecule has 3 aliphatic heterocycles. The standard InChI is InChI=1S/C25H33NO11/c1-3-12-14(7-16-13-8-18(29)17(28)6-11(13)4-5-26-16)15(23(33)34-2)10-35-24(12)37-25-22(32)21(31)20(30)19(9-27)36-25/h3,6,8,10,12,14,16,19-22,24-32H,1,4-5,7,9H2,2H3/p+1/t12-,14+,16-,19-,20-,21+,22-,24+,25+/m1/s1. The number of aromatic hydroxyl groups is 2. The number of fused-ring (bicyclic) bond motifs is 1. The van der Waals surface area contributed by atoms with Crippen LogP contribution in [0.3, 0.4) is 0 Å². The second-order valence-electron chi connectivity index (χ2n) is 9.48. The molecule has 12 nitrogen and oxygen atoms in total. The highest BCUT2D eigenvalue weighted by Gasteiger charge is 2.48. The summed E-state index contributed by atoms with van der Waals surface area (Å²) in [5.74, 6) is -2.21. The van der Waals surface area contributed by atoms with Gasteiger partial charge in [-0.2, -0.15) is 0 Å². The first kappa shape index (κ1) is 27.3. The number of ether oxygens (including phenoxy) is 4. The topological polar surface area (TPSA) is 192 Å². The number of esters is 1. The molecule has 0 spiro atoms. The third-order valence-corrected chi connectivity index (χ3v) is 7.33. The Bertz CT molecular complexity index is 1030. The zero-order chi connectivity index (χ0) is 26.9. The summed E-state index contributed by atoms with van der Waals surface area (Å²) in [6.45, 7) is 4.00. The van der Waals surface area contributed by atoms with Crippen LogP contribution in [0, 0.1) is 11.8 Å². The van der Waals surface area contributed by atoms with Crippen molar-refractivity contribution >= 4 is 5.97 Å². The molecule has 0 bridgehead atoms. The van der Waals surface area contributed by atoms with Gasteiger partial charge in [0.1, 0.15) is 30.5 Å². The number of hydrogen-bond donors (Lipinski definition) is 7. The Balaban J connectivity index is 1.61. The molecule has 0 aromatic heterocycles. The van der Waals surface area contributed by atoms with Gasteiger partial charge in [-0.1, -0.05) is 6.08 Å². The van der Waals surface area contributed by atoms with E-state index in [9.17, 15) is 35.4 Å². The molecule has 3 aliphatic rings. The van der Waals surface area contributed by atoms with Gasteiger partial charge in [0.05, 0.1) is 32.1 Å². The number of aliphatic hydroxyl groups excluding tert-OH is 4. The number of phenols is 2. The Hall–Kier alpha value is -2.71. The largest absolute Gasteiger partial charge is 0.504 e. The first-order valence-electron chi connectivity index (χ1n) is 12.1. The van der Waals surface area contributed by atoms with Crippen LogP contribution in [-0.2, 0) is 30.2 Å². The maximum atomic E-state index is 12.7. The molecular weight excluding hydrogens is 490 g/mol. The van der Waals surface area contributed by atoms with Gasteiger partial charge in [-0.3, -0.25) is 0 Å². The van der Waals surface area contributed by atoms with Crippen LogP contribution in [0.2, 0.25) is 0 Å². The molecule has 4 rings (SSSR count). The number of carbonyl (C=O) groups is 1. The number of carbonyl (C=O) groups excluding carboxylic acids is 1. The first-order valence-corrected chi connectivity index (χ1v) is 12.1. The summed E-state index contributed by atoms with van der Waals surface area (Å²) in [7, 11) is 1.25. The normalized spacial score (nSPS) is 35.6. The van der Waals surface area contributed by atoms with Crippen LogP contribution >= 0.6 is 0 Å². The van der Waals surface area contributed by atoms with Crippen molar-refractivity contribution in [2.75, 3.05) is 20.3 Å². The molecule has 0 amide bonds. The molecule has 0 aliphatic carbocycles. The molecule has 3 heterocycles. The highest BCUT2D eigenvalue weighted by Crippen LogP contribution is 2.41. The number of benzene rings is 1. The highest BCUT2D eigenvalue weighted by molar-refractivity contribution is 5.89. The molecule has 1 aromatic carbocycles. The molecular formula is C25H34NO11+. The van der Waals surface area contributed by atoms with Gasteiger partial charge in [0, 0.05) is 30.2 Å². The minimum Gasteiger partial charge on any atom is -0.504 e. The van der Waals surface area contributed by atoms with E-state index in [1.165, 1.54) is 19.4 Å². The fourth-order valence-electron chi connectivity index (χ4n) is 5.29. The highest BCUT2D eigenvalue weighted by atomic mass is 16.8. The van der Waals surface area contributed by atoms with Gasteiger partial charge in [-0.25, -0.2) is 4.79 Å². The molecule has 0 radical (unpaired) electrons. The van der Waals surface area contributed by atoms with E-state index in [-0.39, 0.29) is 23.1 Å². The zero-order valence-corrected chi connectivity index (χ0v) is 20.3. The number of rotatable bonds is 7. The summed E-state index contributed by atoms with van der Waals surface area (Å²) in [5, 5.41) is 62.2. The van der Waals surface area contributed by atoms with Crippen molar-refractivity contribution in [1.82, 2.24) is 0 Å². The molecule has 204 valence electrons. The lowest BCUT2D eigenvalue weighted by Gasteiger charge is -2.43. The fraction of sp³-hybridized carbons (Fsp3) is 0.560. The third-order valence-electron chi connectivity index (χ3n) is 7.33. The smallest absolute Gasteiger partial charge is 0.337 e. The van der Waals surface area contributed by atoms with Gasteiger partial charge >= 0.3 is 5.97 Å². The second-order valence-corrected chi connectivity index (χ2v) is 9.48. The molecule has 1 saturated heterocycles. The van der Waals surface area contributed by atoms with Crippen LogP contribution < -0.4 is 5.32 Å². The Morgan fingerprint density at radius 2 is 1.89 bits per heavy atom. The molecule has 1 fully saturated rings. The Morgan fingerprint density at radius 1 is 1.16 bits per heavy atom. The van der Waals surface area contributed by atoms with Crippen molar-refractivity contribution in [3.63, 3.8) is 0 Å². The van der Waals surface area contributed by atoms with Crippen molar-refractivity contribution in [3.05, 3.63) is 47.7 Å². The van der Waals surface area contributed by atoms with Crippen LogP contribution in [0.25, 0.3) is 0 Å². The van der Waals surface area contributed by atoms with Crippen LogP contribution in [-0.4, -0.2) is 93.9 Å².